The fourth-order valence-corrected chi connectivity index (χ4v) is 2.89. The highest BCUT2D eigenvalue weighted by atomic mass is 32.2. The molecule has 1 aromatic heterocycles. The van der Waals surface area contributed by atoms with Crippen LogP contribution in [0.2, 0.25) is 0 Å². The number of rotatable bonds is 1. The summed E-state index contributed by atoms with van der Waals surface area (Å²) in [6.07, 6.45) is 2.26. The van der Waals surface area contributed by atoms with E-state index in [9.17, 15) is 4.79 Å². The third-order valence-corrected chi connectivity index (χ3v) is 3.92. The molecule has 0 radical (unpaired) electrons. The van der Waals surface area contributed by atoms with E-state index in [2.05, 4.69) is 19.6 Å². The Bertz CT molecular complexity index is 348. The van der Waals surface area contributed by atoms with Gasteiger partial charge in [-0.25, -0.2) is 0 Å². The second-order valence-electron chi connectivity index (χ2n) is 3.63. The van der Waals surface area contributed by atoms with Gasteiger partial charge in [0.1, 0.15) is 0 Å². The number of amides is 1. The first kappa shape index (κ1) is 10.1. The molecular weight excluding hydrogens is 214 g/mol. The average Bonchev–Trinajstić information content (AvgIpc) is 2.73. The lowest BCUT2D eigenvalue weighted by atomic mass is 10.2. The summed E-state index contributed by atoms with van der Waals surface area (Å²) in [5.41, 5.74) is 0. The van der Waals surface area contributed by atoms with Gasteiger partial charge in [-0.05, 0) is 31.9 Å². The Morgan fingerprint density at radius 3 is 2.93 bits per heavy atom. The van der Waals surface area contributed by atoms with Crippen LogP contribution in [0.25, 0.3) is 0 Å². The molecule has 14 heavy (non-hydrogen) atoms. The molecule has 1 saturated heterocycles. The normalized spacial score (nSPS) is 21.6. The van der Waals surface area contributed by atoms with E-state index < -0.39 is 0 Å². The van der Waals surface area contributed by atoms with Gasteiger partial charge in [-0.2, -0.15) is 0 Å². The zero-order valence-corrected chi connectivity index (χ0v) is 9.78. The molecule has 1 amide bonds. The predicted octanol–water partition coefficient (Wildman–Crippen LogP) is 2.66. The maximum Gasteiger partial charge on any atom is 0.264 e. The Hall–Kier alpha value is -0.480. The van der Waals surface area contributed by atoms with E-state index in [1.165, 1.54) is 11.3 Å². The number of nitrogens with zero attached hydrogens (tertiary/aromatic N) is 1. The van der Waals surface area contributed by atoms with Crippen molar-refractivity contribution in [1.29, 1.82) is 0 Å². The van der Waals surface area contributed by atoms with E-state index in [1.54, 1.807) is 0 Å². The minimum absolute atomic E-state index is 0.167. The van der Waals surface area contributed by atoms with E-state index in [4.69, 9.17) is 0 Å². The molecule has 0 N–H and O–H groups in total. The molecular formula is C10H13NOS2. The molecule has 2 nitrogen and oxygen atoms in total. The molecule has 0 aliphatic carbocycles. The molecule has 0 saturated carbocycles. The molecule has 76 valence electrons. The third kappa shape index (κ3) is 1.81. The predicted molar refractivity (Wildman–Crippen MR) is 61.3 cm³/mol. The van der Waals surface area contributed by atoms with Crippen LogP contribution in [0.1, 0.15) is 29.4 Å². The first-order valence-corrected chi connectivity index (χ1v) is 6.04. The van der Waals surface area contributed by atoms with Gasteiger partial charge in [0, 0.05) is 12.6 Å². The number of likely N-dealkylation sites (tertiary alicyclic amines) is 1. The Morgan fingerprint density at radius 2 is 2.43 bits per heavy atom. The van der Waals surface area contributed by atoms with Crippen LogP contribution in [0, 0.1) is 0 Å². The Kier molecular flexibility index (Phi) is 2.83. The summed E-state index contributed by atoms with van der Waals surface area (Å²) in [4.78, 5) is 14.7. The van der Waals surface area contributed by atoms with Gasteiger partial charge in [0.25, 0.3) is 5.91 Å². The van der Waals surface area contributed by atoms with E-state index in [0.717, 1.165) is 28.5 Å². The van der Waals surface area contributed by atoms with Crippen molar-refractivity contribution >= 4 is 29.9 Å². The first-order chi connectivity index (χ1) is 6.68. The van der Waals surface area contributed by atoms with Crippen molar-refractivity contribution in [1.82, 2.24) is 4.90 Å². The monoisotopic (exact) mass is 227 g/mol. The van der Waals surface area contributed by atoms with Crippen molar-refractivity contribution in [2.24, 2.45) is 0 Å². The maximum atomic E-state index is 12.0. The van der Waals surface area contributed by atoms with Gasteiger partial charge in [-0.3, -0.25) is 4.79 Å². The third-order valence-electron chi connectivity index (χ3n) is 2.62. The lowest BCUT2D eigenvalue weighted by Gasteiger charge is -2.20. The van der Waals surface area contributed by atoms with Crippen molar-refractivity contribution in [3.8, 4) is 0 Å². The van der Waals surface area contributed by atoms with E-state index in [0.29, 0.717) is 6.04 Å². The molecule has 4 heteroatoms. The average molecular weight is 227 g/mol. The van der Waals surface area contributed by atoms with E-state index >= 15 is 0 Å². The van der Waals surface area contributed by atoms with Gasteiger partial charge in [-0.15, -0.1) is 24.0 Å². The molecule has 1 unspecified atom stereocenters. The Balaban J connectivity index is 2.15. The van der Waals surface area contributed by atoms with Crippen LogP contribution in [0.5, 0.6) is 0 Å². The van der Waals surface area contributed by atoms with Crippen LogP contribution in [-0.4, -0.2) is 23.4 Å². The Morgan fingerprint density at radius 1 is 1.64 bits per heavy atom. The summed E-state index contributed by atoms with van der Waals surface area (Å²) in [6.45, 7) is 3.01. The smallest absolute Gasteiger partial charge is 0.264 e. The largest absolute Gasteiger partial charge is 0.335 e. The van der Waals surface area contributed by atoms with Gasteiger partial charge in [-0.1, -0.05) is 0 Å². The van der Waals surface area contributed by atoms with Crippen molar-refractivity contribution in [2.75, 3.05) is 6.54 Å². The standard InChI is InChI=1S/C10H13NOS2/c1-7-3-2-6-11(7)10(12)8-4-5-9(13)14-8/h4-5,7,13H,2-3,6H2,1H3. The summed E-state index contributed by atoms with van der Waals surface area (Å²) >= 11 is 5.67. The molecule has 1 aliphatic heterocycles. The van der Waals surface area contributed by atoms with Gasteiger partial charge in [0.2, 0.25) is 0 Å². The molecule has 2 rings (SSSR count). The van der Waals surface area contributed by atoms with Gasteiger partial charge < -0.3 is 4.90 Å². The molecule has 0 spiro atoms. The van der Waals surface area contributed by atoms with Crippen LogP contribution in [0.3, 0.4) is 0 Å². The lowest BCUT2D eigenvalue weighted by molar-refractivity contribution is 0.0752. The molecule has 1 fully saturated rings. The van der Waals surface area contributed by atoms with Crippen molar-refractivity contribution in [3.63, 3.8) is 0 Å². The fraction of sp³-hybridized carbons (Fsp3) is 0.500. The number of carbonyl (C=O) groups excluding carboxylic acids is 1. The minimum atomic E-state index is 0.167. The zero-order chi connectivity index (χ0) is 10.1. The minimum Gasteiger partial charge on any atom is -0.335 e. The number of hydrogen-bond acceptors (Lipinski definition) is 3. The summed E-state index contributed by atoms with van der Waals surface area (Å²) in [6, 6.07) is 4.13. The van der Waals surface area contributed by atoms with Crippen molar-refractivity contribution in [3.05, 3.63) is 17.0 Å². The SMILES string of the molecule is CC1CCCN1C(=O)c1ccc(S)s1. The number of carbonyl (C=O) groups is 1. The summed E-state index contributed by atoms with van der Waals surface area (Å²) in [5, 5.41) is 0. The summed E-state index contributed by atoms with van der Waals surface area (Å²) in [5.74, 6) is 0.167. The van der Waals surface area contributed by atoms with Crippen molar-refractivity contribution < 1.29 is 4.79 Å². The van der Waals surface area contributed by atoms with E-state index in [-0.39, 0.29) is 5.91 Å². The summed E-state index contributed by atoms with van der Waals surface area (Å²) < 4.78 is 0.903. The van der Waals surface area contributed by atoms with Crippen LogP contribution in [-0.2, 0) is 0 Å². The number of thiol groups is 1. The molecule has 2 heterocycles. The molecule has 0 aromatic carbocycles. The van der Waals surface area contributed by atoms with Crippen LogP contribution < -0.4 is 0 Å². The molecule has 1 atom stereocenters. The van der Waals surface area contributed by atoms with Gasteiger partial charge in [0.15, 0.2) is 0 Å². The molecule has 0 bridgehead atoms. The number of thiophene rings is 1. The zero-order valence-electron chi connectivity index (χ0n) is 8.06. The van der Waals surface area contributed by atoms with Crippen LogP contribution in [0.4, 0.5) is 0 Å². The van der Waals surface area contributed by atoms with Crippen LogP contribution >= 0.6 is 24.0 Å². The molecule has 1 aliphatic rings. The second kappa shape index (κ2) is 3.95. The molecule has 1 aromatic rings. The first-order valence-electron chi connectivity index (χ1n) is 4.78. The highest BCUT2D eigenvalue weighted by Gasteiger charge is 2.26. The highest BCUT2D eigenvalue weighted by Crippen LogP contribution is 2.25. The summed E-state index contributed by atoms with van der Waals surface area (Å²) in [7, 11) is 0. The van der Waals surface area contributed by atoms with Crippen LogP contribution in [0.15, 0.2) is 16.3 Å². The quantitative estimate of drug-likeness (QED) is 0.731. The van der Waals surface area contributed by atoms with Gasteiger partial charge in [0.05, 0.1) is 9.09 Å². The number of hydrogen-bond donors (Lipinski definition) is 1. The second-order valence-corrected chi connectivity index (χ2v) is 5.50. The van der Waals surface area contributed by atoms with Gasteiger partial charge >= 0.3 is 0 Å². The Labute approximate surface area is 93.3 Å². The highest BCUT2D eigenvalue weighted by molar-refractivity contribution is 7.82. The van der Waals surface area contributed by atoms with E-state index in [1.807, 2.05) is 17.0 Å². The maximum absolute atomic E-state index is 12.0. The van der Waals surface area contributed by atoms with Crippen molar-refractivity contribution in [2.45, 2.75) is 30.0 Å². The topological polar surface area (TPSA) is 20.3 Å². The lowest BCUT2D eigenvalue weighted by Crippen LogP contribution is -2.32. The fourth-order valence-electron chi connectivity index (χ4n) is 1.82.